The first kappa shape index (κ1) is 15.4. The maximum absolute atomic E-state index is 9.96. The highest BCUT2D eigenvalue weighted by atomic mass is 32.1. The minimum atomic E-state index is -0.873. The Bertz CT molecular complexity index is 766. The molecule has 3 rings (SSSR count). The minimum absolute atomic E-state index is 0.258. The molecule has 0 saturated heterocycles. The van der Waals surface area contributed by atoms with Crippen LogP contribution in [0.15, 0.2) is 41.1 Å². The number of aromatic nitrogens is 4. The lowest BCUT2D eigenvalue weighted by Gasteiger charge is -2.04. The molecule has 0 bridgehead atoms. The molecule has 2 N–H and O–H groups in total. The van der Waals surface area contributed by atoms with Gasteiger partial charge in [0.25, 0.3) is 0 Å². The first-order valence-corrected chi connectivity index (χ1v) is 7.98. The summed E-state index contributed by atoms with van der Waals surface area (Å²) in [5.41, 5.74) is 3.49. The zero-order valence-electron chi connectivity index (χ0n) is 12.5. The summed E-state index contributed by atoms with van der Waals surface area (Å²) in [5, 5.41) is 27.4. The number of rotatable bonds is 6. The number of nitrogens with one attached hydrogen (secondary N) is 1. The Morgan fingerprint density at radius 3 is 2.83 bits per heavy atom. The molecule has 7 heteroatoms. The van der Waals surface area contributed by atoms with Crippen LogP contribution in [0, 0.1) is 0 Å². The van der Waals surface area contributed by atoms with Crippen LogP contribution < -0.4 is 4.74 Å². The SMILES string of the molecule is COc1ccc(Cc2cscc2C=CC(O)c2nn[nH]n2)cc1. The van der Waals surface area contributed by atoms with Crippen molar-refractivity contribution in [1.29, 1.82) is 0 Å². The Morgan fingerprint density at radius 2 is 2.13 bits per heavy atom. The van der Waals surface area contributed by atoms with Crippen LogP contribution in [0.4, 0.5) is 0 Å². The molecule has 0 amide bonds. The Kier molecular flexibility index (Phi) is 4.80. The molecular weight excluding hydrogens is 312 g/mol. The van der Waals surface area contributed by atoms with Crippen LogP contribution in [-0.2, 0) is 6.42 Å². The zero-order valence-corrected chi connectivity index (χ0v) is 13.3. The van der Waals surface area contributed by atoms with Crippen molar-refractivity contribution in [3.8, 4) is 5.75 Å². The number of thiophene rings is 1. The van der Waals surface area contributed by atoms with E-state index in [0.717, 1.165) is 17.7 Å². The summed E-state index contributed by atoms with van der Waals surface area (Å²) < 4.78 is 5.17. The van der Waals surface area contributed by atoms with E-state index in [9.17, 15) is 5.11 Å². The van der Waals surface area contributed by atoms with Crippen molar-refractivity contribution in [2.45, 2.75) is 12.5 Å². The van der Waals surface area contributed by atoms with Crippen molar-refractivity contribution < 1.29 is 9.84 Å². The second-order valence-electron chi connectivity index (χ2n) is 4.95. The molecule has 0 saturated carbocycles. The quantitative estimate of drug-likeness (QED) is 0.726. The molecule has 23 heavy (non-hydrogen) atoms. The van der Waals surface area contributed by atoms with Crippen LogP contribution >= 0.6 is 11.3 Å². The number of aliphatic hydroxyl groups is 1. The maximum Gasteiger partial charge on any atom is 0.206 e. The summed E-state index contributed by atoms with van der Waals surface area (Å²) in [6, 6.07) is 8.02. The lowest BCUT2D eigenvalue weighted by atomic mass is 10.0. The van der Waals surface area contributed by atoms with Crippen molar-refractivity contribution in [1.82, 2.24) is 20.6 Å². The highest BCUT2D eigenvalue weighted by Gasteiger charge is 2.09. The molecule has 1 aromatic carbocycles. The summed E-state index contributed by atoms with van der Waals surface area (Å²) >= 11 is 1.63. The fraction of sp³-hybridized carbons (Fsp3) is 0.188. The summed E-state index contributed by atoms with van der Waals surface area (Å²) in [5.74, 6) is 1.11. The van der Waals surface area contributed by atoms with E-state index in [1.807, 2.05) is 18.2 Å². The van der Waals surface area contributed by atoms with E-state index in [4.69, 9.17) is 4.74 Å². The fourth-order valence-corrected chi connectivity index (χ4v) is 2.99. The van der Waals surface area contributed by atoms with Gasteiger partial charge < -0.3 is 9.84 Å². The van der Waals surface area contributed by atoms with Crippen molar-refractivity contribution in [3.63, 3.8) is 0 Å². The van der Waals surface area contributed by atoms with E-state index in [0.29, 0.717) is 0 Å². The molecule has 2 heterocycles. The van der Waals surface area contributed by atoms with Crippen molar-refractivity contribution in [2.24, 2.45) is 0 Å². The molecule has 0 fully saturated rings. The standard InChI is InChI=1S/C16H16N4O2S/c1-22-14-5-2-11(3-6-14)8-13-10-23-9-12(13)4-7-15(21)16-17-19-20-18-16/h2-7,9-10,15,21H,8H2,1H3,(H,17,18,19,20). The third kappa shape index (κ3) is 3.82. The van der Waals surface area contributed by atoms with Gasteiger partial charge in [-0.25, -0.2) is 0 Å². The van der Waals surface area contributed by atoms with Crippen LogP contribution in [0.25, 0.3) is 6.08 Å². The molecule has 118 valence electrons. The van der Waals surface area contributed by atoms with Gasteiger partial charge in [0.15, 0.2) is 0 Å². The van der Waals surface area contributed by atoms with Crippen LogP contribution in [0.1, 0.15) is 28.6 Å². The second-order valence-corrected chi connectivity index (χ2v) is 5.69. The van der Waals surface area contributed by atoms with E-state index in [-0.39, 0.29) is 5.82 Å². The summed E-state index contributed by atoms with van der Waals surface area (Å²) in [7, 11) is 1.66. The lowest BCUT2D eigenvalue weighted by Crippen LogP contribution is -1.96. The topological polar surface area (TPSA) is 83.9 Å². The molecule has 1 atom stereocenters. The monoisotopic (exact) mass is 328 g/mol. The maximum atomic E-state index is 9.96. The van der Waals surface area contributed by atoms with E-state index < -0.39 is 6.10 Å². The van der Waals surface area contributed by atoms with E-state index in [2.05, 4.69) is 43.5 Å². The van der Waals surface area contributed by atoms with Crippen LogP contribution in [0.3, 0.4) is 0 Å². The molecule has 0 aliphatic rings. The molecule has 1 unspecified atom stereocenters. The first-order chi connectivity index (χ1) is 11.3. The number of aliphatic hydroxyl groups excluding tert-OH is 1. The normalized spacial score (nSPS) is 12.6. The third-order valence-corrected chi connectivity index (χ3v) is 4.22. The summed E-state index contributed by atoms with van der Waals surface area (Å²) in [4.78, 5) is 0. The number of hydrogen-bond acceptors (Lipinski definition) is 6. The molecule has 0 radical (unpaired) electrons. The Labute approximate surface area is 137 Å². The predicted molar refractivity (Wildman–Crippen MR) is 88.3 cm³/mol. The number of methoxy groups -OCH3 is 1. The number of nitrogens with zero attached hydrogens (tertiary/aromatic N) is 3. The van der Waals surface area contributed by atoms with E-state index in [1.165, 1.54) is 11.1 Å². The van der Waals surface area contributed by atoms with Gasteiger partial charge in [-0.1, -0.05) is 23.4 Å². The Hall–Kier alpha value is -2.51. The minimum Gasteiger partial charge on any atom is -0.497 e. The smallest absolute Gasteiger partial charge is 0.206 e. The number of aromatic amines is 1. The van der Waals surface area contributed by atoms with Gasteiger partial charge in [-0.3, -0.25) is 0 Å². The highest BCUT2D eigenvalue weighted by Crippen LogP contribution is 2.22. The molecule has 2 aromatic heterocycles. The van der Waals surface area contributed by atoms with Crippen LogP contribution in [-0.4, -0.2) is 32.8 Å². The number of benzene rings is 1. The van der Waals surface area contributed by atoms with Crippen molar-refractivity contribution in [2.75, 3.05) is 7.11 Å². The van der Waals surface area contributed by atoms with E-state index in [1.54, 1.807) is 24.5 Å². The van der Waals surface area contributed by atoms with Gasteiger partial charge in [0.2, 0.25) is 5.82 Å². The summed E-state index contributed by atoms with van der Waals surface area (Å²) in [6.07, 6.45) is 3.49. The van der Waals surface area contributed by atoms with Gasteiger partial charge in [-0.05, 0) is 52.1 Å². The molecule has 0 aliphatic carbocycles. The Balaban J connectivity index is 1.71. The van der Waals surface area contributed by atoms with Gasteiger partial charge >= 0.3 is 0 Å². The summed E-state index contributed by atoms with van der Waals surface area (Å²) in [6.45, 7) is 0. The van der Waals surface area contributed by atoms with Gasteiger partial charge in [-0.15, -0.1) is 10.2 Å². The average Bonchev–Trinajstić information content (AvgIpc) is 3.25. The predicted octanol–water partition coefficient (Wildman–Crippen LogP) is 2.61. The van der Waals surface area contributed by atoms with Gasteiger partial charge in [-0.2, -0.15) is 16.6 Å². The number of H-pyrrole nitrogens is 1. The second kappa shape index (κ2) is 7.17. The van der Waals surface area contributed by atoms with Gasteiger partial charge in [0.1, 0.15) is 11.9 Å². The third-order valence-electron chi connectivity index (χ3n) is 3.41. The van der Waals surface area contributed by atoms with Crippen molar-refractivity contribution in [3.05, 3.63) is 63.6 Å². The molecule has 0 aliphatic heterocycles. The first-order valence-electron chi connectivity index (χ1n) is 7.04. The van der Waals surface area contributed by atoms with Crippen LogP contribution in [0.2, 0.25) is 0 Å². The molecule has 6 nitrogen and oxygen atoms in total. The van der Waals surface area contributed by atoms with Gasteiger partial charge in [0, 0.05) is 0 Å². The largest absolute Gasteiger partial charge is 0.497 e. The fourth-order valence-electron chi connectivity index (χ4n) is 2.16. The molecular formula is C16H16N4O2S. The number of hydrogen-bond donors (Lipinski definition) is 2. The lowest BCUT2D eigenvalue weighted by molar-refractivity contribution is 0.219. The van der Waals surface area contributed by atoms with E-state index >= 15 is 0 Å². The molecule has 3 aromatic rings. The number of tetrazole rings is 1. The highest BCUT2D eigenvalue weighted by molar-refractivity contribution is 7.08. The number of ether oxygens (including phenoxy) is 1. The van der Waals surface area contributed by atoms with Crippen molar-refractivity contribution >= 4 is 17.4 Å². The van der Waals surface area contributed by atoms with Gasteiger partial charge in [0.05, 0.1) is 7.11 Å². The average molecular weight is 328 g/mol. The molecule has 0 spiro atoms. The van der Waals surface area contributed by atoms with Crippen LogP contribution in [0.5, 0.6) is 5.75 Å². The zero-order chi connectivity index (χ0) is 16.1. The Morgan fingerprint density at radius 1 is 1.30 bits per heavy atom.